The molecule has 0 aliphatic carbocycles. The number of nitrogens with two attached hydrogens (primary N) is 1. The number of nitrogen functional groups attached to an aromatic ring is 1. The molecule has 1 heterocycles. The number of rotatable bonds is 1. The van der Waals surface area contributed by atoms with Gasteiger partial charge in [-0.05, 0) is 18.2 Å². The normalized spacial score (nSPS) is 10.0. The van der Waals surface area contributed by atoms with Crippen molar-refractivity contribution in [3.8, 4) is 11.3 Å². The SMILES string of the molecule is Nc1cccc(-c2[c]cco2)c1. The van der Waals surface area contributed by atoms with Gasteiger partial charge in [-0.3, -0.25) is 0 Å². The lowest BCUT2D eigenvalue weighted by molar-refractivity contribution is 0.582. The molecule has 2 nitrogen and oxygen atoms in total. The van der Waals surface area contributed by atoms with Crippen molar-refractivity contribution in [1.29, 1.82) is 0 Å². The first-order chi connectivity index (χ1) is 5.86. The molecule has 59 valence electrons. The lowest BCUT2D eigenvalue weighted by Crippen LogP contribution is -1.83. The molecule has 12 heavy (non-hydrogen) atoms. The van der Waals surface area contributed by atoms with Gasteiger partial charge < -0.3 is 10.2 Å². The lowest BCUT2D eigenvalue weighted by atomic mass is 10.1. The quantitative estimate of drug-likeness (QED) is 0.647. The third kappa shape index (κ3) is 1.19. The minimum absolute atomic E-state index is 0.724. The van der Waals surface area contributed by atoms with Crippen molar-refractivity contribution >= 4 is 5.69 Å². The summed E-state index contributed by atoms with van der Waals surface area (Å²) < 4.78 is 5.16. The number of benzene rings is 1. The predicted molar refractivity (Wildman–Crippen MR) is 47.4 cm³/mol. The molecule has 0 saturated heterocycles. The highest BCUT2D eigenvalue weighted by Gasteiger charge is 1.99. The summed E-state index contributed by atoms with van der Waals surface area (Å²) in [6.45, 7) is 0. The molecule has 0 bridgehead atoms. The Morgan fingerprint density at radius 1 is 1.33 bits per heavy atom. The van der Waals surface area contributed by atoms with Crippen molar-refractivity contribution in [2.24, 2.45) is 0 Å². The zero-order chi connectivity index (χ0) is 8.39. The molecular weight excluding hydrogens is 150 g/mol. The fraction of sp³-hybridized carbons (Fsp3) is 0. The van der Waals surface area contributed by atoms with E-state index in [9.17, 15) is 0 Å². The number of hydrogen-bond acceptors (Lipinski definition) is 2. The average molecular weight is 158 g/mol. The zero-order valence-corrected chi connectivity index (χ0v) is 6.45. The molecule has 0 fully saturated rings. The van der Waals surface area contributed by atoms with Gasteiger partial charge in [0.25, 0.3) is 0 Å². The van der Waals surface area contributed by atoms with Gasteiger partial charge in [-0.1, -0.05) is 12.1 Å². The predicted octanol–water partition coefficient (Wildman–Crippen LogP) is 2.33. The van der Waals surface area contributed by atoms with Crippen LogP contribution < -0.4 is 5.73 Å². The summed E-state index contributed by atoms with van der Waals surface area (Å²) in [5, 5.41) is 0. The van der Waals surface area contributed by atoms with Gasteiger partial charge in [-0.25, -0.2) is 0 Å². The molecule has 0 spiro atoms. The second-order valence-electron chi connectivity index (χ2n) is 2.52. The van der Waals surface area contributed by atoms with Crippen molar-refractivity contribution in [1.82, 2.24) is 0 Å². The Morgan fingerprint density at radius 3 is 2.92 bits per heavy atom. The molecule has 1 radical (unpaired) electrons. The van der Waals surface area contributed by atoms with Crippen molar-refractivity contribution in [3.05, 3.63) is 42.7 Å². The Balaban J connectivity index is 2.48. The molecule has 0 atom stereocenters. The molecule has 2 N–H and O–H groups in total. The van der Waals surface area contributed by atoms with Gasteiger partial charge in [0.05, 0.1) is 6.26 Å². The highest BCUT2D eigenvalue weighted by molar-refractivity contribution is 5.61. The van der Waals surface area contributed by atoms with Gasteiger partial charge in [-0.15, -0.1) is 0 Å². The first-order valence-corrected chi connectivity index (χ1v) is 3.67. The van der Waals surface area contributed by atoms with Crippen LogP contribution in [0.4, 0.5) is 5.69 Å². The Morgan fingerprint density at radius 2 is 2.25 bits per heavy atom. The van der Waals surface area contributed by atoms with Crippen LogP contribution in [0.1, 0.15) is 0 Å². The van der Waals surface area contributed by atoms with E-state index >= 15 is 0 Å². The van der Waals surface area contributed by atoms with E-state index < -0.39 is 0 Å². The maximum atomic E-state index is 5.61. The zero-order valence-electron chi connectivity index (χ0n) is 6.45. The van der Waals surface area contributed by atoms with Crippen LogP contribution in [0.15, 0.2) is 41.0 Å². The smallest absolute Gasteiger partial charge is 0.141 e. The molecule has 1 aromatic carbocycles. The van der Waals surface area contributed by atoms with Crippen LogP contribution >= 0.6 is 0 Å². The fourth-order valence-electron chi connectivity index (χ4n) is 1.08. The third-order valence-corrected chi connectivity index (χ3v) is 1.62. The monoisotopic (exact) mass is 158 g/mol. The summed E-state index contributed by atoms with van der Waals surface area (Å²) in [5.74, 6) is 0.724. The van der Waals surface area contributed by atoms with E-state index in [2.05, 4.69) is 6.07 Å². The molecule has 0 aliphatic rings. The summed E-state index contributed by atoms with van der Waals surface area (Å²) in [6, 6.07) is 12.2. The van der Waals surface area contributed by atoms with E-state index in [1.165, 1.54) is 0 Å². The summed E-state index contributed by atoms with van der Waals surface area (Å²) >= 11 is 0. The summed E-state index contributed by atoms with van der Waals surface area (Å²) in [7, 11) is 0. The van der Waals surface area contributed by atoms with Gasteiger partial charge >= 0.3 is 0 Å². The van der Waals surface area contributed by atoms with E-state index in [0.717, 1.165) is 17.0 Å². The van der Waals surface area contributed by atoms with Gasteiger partial charge in [0.15, 0.2) is 0 Å². The van der Waals surface area contributed by atoms with Crippen LogP contribution in [0.5, 0.6) is 0 Å². The van der Waals surface area contributed by atoms with E-state index in [-0.39, 0.29) is 0 Å². The van der Waals surface area contributed by atoms with E-state index in [1.807, 2.05) is 24.3 Å². The molecule has 0 aliphatic heterocycles. The first-order valence-electron chi connectivity index (χ1n) is 3.67. The molecular formula is C10H8NO. The van der Waals surface area contributed by atoms with Crippen LogP contribution in [0.25, 0.3) is 11.3 Å². The molecule has 0 unspecified atom stereocenters. The molecule has 2 rings (SSSR count). The summed E-state index contributed by atoms with van der Waals surface area (Å²) in [6.07, 6.45) is 1.60. The van der Waals surface area contributed by atoms with Gasteiger partial charge in [0, 0.05) is 17.3 Å². The van der Waals surface area contributed by atoms with E-state index in [0.29, 0.717) is 0 Å². The Kier molecular flexibility index (Phi) is 1.59. The van der Waals surface area contributed by atoms with Crippen molar-refractivity contribution in [2.75, 3.05) is 5.73 Å². The third-order valence-electron chi connectivity index (χ3n) is 1.62. The van der Waals surface area contributed by atoms with Crippen LogP contribution in [0, 0.1) is 6.07 Å². The fourth-order valence-corrected chi connectivity index (χ4v) is 1.08. The molecule has 0 saturated carbocycles. The van der Waals surface area contributed by atoms with Gasteiger partial charge in [0.2, 0.25) is 0 Å². The minimum atomic E-state index is 0.724. The summed E-state index contributed by atoms with van der Waals surface area (Å²) in [5.41, 5.74) is 7.30. The maximum Gasteiger partial charge on any atom is 0.141 e. The maximum absolute atomic E-state index is 5.61. The topological polar surface area (TPSA) is 39.2 Å². The Bertz CT molecular complexity index is 365. The van der Waals surface area contributed by atoms with Crippen LogP contribution in [0.2, 0.25) is 0 Å². The number of furan rings is 1. The Labute approximate surface area is 70.6 Å². The molecule has 1 aromatic heterocycles. The number of anilines is 1. The van der Waals surface area contributed by atoms with Gasteiger partial charge in [0.1, 0.15) is 5.76 Å². The average Bonchev–Trinajstić information content (AvgIpc) is 2.56. The second-order valence-corrected chi connectivity index (χ2v) is 2.52. The van der Waals surface area contributed by atoms with Crippen LogP contribution in [0.3, 0.4) is 0 Å². The highest BCUT2D eigenvalue weighted by atomic mass is 16.3. The second kappa shape index (κ2) is 2.74. The van der Waals surface area contributed by atoms with Gasteiger partial charge in [-0.2, -0.15) is 0 Å². The Hall–Kier alpha value is -1.70. The first kappa shape index (κ1) is 6.98. The largest absolute Gasteiger partial charge is 0.464 e. The molecule has 0 amide bonds. The van der Waals surface area contributed by atoms with Crippen molar-refractivity contribution in [3.63, 3.8) is 0 Å². The minimum Gasteiger partial charge on any atom is -0.464 e. The van der Waals surface area contributed by atoms with Crippen LogP contribution in [-0.2, 0) is 0 Å². The highest BCUT2D eigenvalue weighted by Crippen LogP contribution is 2.20. The summed E-state index contributed by atoms with van der Waals surface area (Å²) in [4.78, 5) is 0. The molecule has 2 heteroatoms. The van der Waals surface area contributed by atoms with Crippen LogP contribution in [-0.4, -0.2) is 0 Å². The number of hydrogen-bond donors (Lipinski definition) is 1. The molecule has 2 aromatic rings. The van der Waals surface area contributed by atoms with Crippen molar-refractivity contribution < 1.29 is 4.42 Å². The lowest BCUT2D eigenvalue weighted by Gasteiger charge is -1.96. The van der Waals surface area contributed by atoms with E-state index in [1.54, 1.807) is 12.3 Å². The van der Waals surface area contributed by atoms with E-state index in [4.69, 9.17) is 10.2 Å². The standard InChI is InChI=1S/C10H8NO/c11-9-4-1-3-8(7-9)10-5-2-6-12-10/h1-4,6-7H,11H2. The van der Waals surface area contributed by atoms with Crippen molar-refractivity contribution in [2.45, 2.75) is 0 Å².